The number of ether oxygens (including phenoxy) is 2. The average Bonchev–Trinajstić information content (AvgIpc) is 2.43. The van der Waals surface area contributed by atoms with Gasteiger partial charge in [-0.05, 0) is 24.7 Å². The molecule has 0 spiro atoms. The summed E-state index contributed by atoms with van der Waals surface area (Å²) in [5, 5.41) is 3.06. The number of carbonyl (C=O) groups excluding carboxylic acids is 1. The van der Waals surface area contributed by atoms with Crippen LogP contribution in [-0.2, 0) is 4.79 Å². The second-order valence-electron chi connectivity index (χ2n) is 4.13. The van der Waals surface area contributed by atoms with Crippen LogP contribution in [0.2, 0.25) is 0 Å². The standard InChI is InChI=1S/C13H18N2O3S/c1-2-15-10(13(14)16)8-19-9-3-4-11-12(7-9)18-6-5-17-11/h3-4,7,10,15H,2,5-6,8H2,1H3,(H2,14,16). The molecule has 5 nitrogen and oxygen atoms in total. The summed E-state index contributed by atoms with van der Waals surface area (Å²) in [5.74, 6) is 1.80. The fourth-order valence-corrected chi connectivity index (χ4v) is 2.78. The molecule has 0 saturated carbocycles. The molecular formula is C13H18N2O3S. The van der Waals surface area contributed by atoms with Crippen LogP contribution in [0.5, 0.6) is 11.5 Å². The zero-order valence-electron chi connectivity index (χ0n) is 10.8. The molecule has 1 heterocycles. The van der Waals surface area contributed by atoms with Gasteiger partial charge in [-0.2, -0.15) is 0 Å². The second kappa shape index (κ2) is 6.68. The first-order valence-corrected chi connectivity index (χ1v) is 7.24. The first kappa shape index (κ1) is 14.0. The number of hydrogen-bond donors (Lipinski definition) is 2. The monoisotopic (exact) mass is 282 g/mol. The predicted octanol–water partition coefficient (Wildman–Crippen LogP) is 1.01. The third kappa shape index (κ3) is 3.78. The number of primary amides is 1. The van der Waals surface area contributed by atoms with Gasteiger partial charge in [-0.25, -0.2) is 0 Å². The lowest BCUT2D eigenvalue weighted by Gasteiger charge is -2.19. The van der Waals surface area contributed by atoms with Crippen LogP contribution in [0.4, 0.5) is 0 Å². The lowest BCUT2D eigenvalue weighted by molar-refractivity contribution is -0.119. The van der Waals surface area contributed by atoms with Gasteiger partial charge in [0, 0.05) is 10.6 Å². The third-order valence-electron chi connectivity index (χ3n) is 2.72. The summed E-state index contributed by atoms with van der Waals surface area (Å²) in [6, 6.07) is 5.47. The number of fused-ring (bicyclic) bond motifs is 1. The van der Waals surface area contributed by atoms with Crippen molar-refractivity contribution < 1.29 is 14.3 Å². The number of nitrogens with one attached hydrogen (secondary N) is 1. The van der Waals surface area contributed by atoms with E-state index in [2.05, 4.69) is 5.32 Å². The molecule has 1 aromatic carbocycles. The van der Waals surface area contributed by atoms with Gasteiger partial charge in [-0.15, -0.1) is 11.8 Å². The highest BCUT2D eigenvalue weighted by Gasteiger charge is 2.16. The lowest BCUT2D eigenvalue weighted by atomic mass is 10.3. The molecule has 2 rings (SSSR count). The molecule has 1 unspecified atom stereocenters. The minimum absolute atomic E-state index is 0.316. The fraction of sp³-hybridized carbons (Fsp3) is 0.462. The summed E-state index contributed by atoms with van der Waals surface area (Å²) in [6.45, 7) is 3.83. The lowest BCUT2D eigenvalue weighted by Crippen LogP contribution is -2.42. The topological polar surface area (TPSA) is 73.6 Å². The van der Waals surface area contributed by atoms with E-state index in [1.54, 1.807) is 11.8 Å². The Kier molecular flexibility index (Phi) is 4.93. The van der Waals surface area contributed by atoms with E-state index in [4.69, 9.17) is 15.2 Å². The van der Waals surface area contributed by atoms with Gasteiger partial charge in [0.2, 0.25) is 5.91 Å². The van der Waals surface area contributed by atoms with E-state index < -0.39 is 0 Å². The smallest absolute Gasteiger partial charge is 0.235 e. The Balaban J connectivity index is 1.97. The summed E-state index contributed by atoms with van der Waals surface area (Å²) >= 11 is 1.57. The first-order chi connectivity index (χ1) is 9.20. The molecule has 0 bridgehead atoms. The van der Waals surface area contributed by atoms with Gasteiger partial charge >= 0.3 is 0 Å². The van der Waals surface area contributed by atoms with E-state index >= 15 is 0 Å². The molecule has 6 heteroatoms. The summed E-state index contributed by atoms with van der Waals surface area (Å²) in [6.07, 6.45) is 0. The van der Waals surface area contributed by atoms with Crippen LogP contribution in [-0.4, -0.2) is 37.5 Å². The van der Waals surface area contributed by atoms with E-state index in [1.165, 1.54) is 0 Å². The molecule has 0 aliphatic carbocycles. The number of carbonyl (C=O) groups is 1. The number of benzene rings is 1. The fourth-order valence-electron chi connectivity index (χ4n) is 1.78. The Morgan fingerprint density at radius 2 is 2.16 bits per heavy atom. The molecule has 0 fully saturated rings. The molecule has 19 heavy (non-hydrogen) atoms. The quantitative estimate of drug-likeness (QED) is 0.762. The number of rotatable bonds is 6. The van der Waals surface area contributed by atoms with Crippen molar-refractivity contribution in [3.63, 3.8) is 0 Å². The van der Waals surface area contributed by atoms with Crippen molar-refractivity contribution in [2.24, 2.45) is 5.73 Å². The van der Waals surface area contributed by atoms with Gasteiger partial charge in [-0.1, -0.05) is 6.92 Å². The third-order valence-corrected chi connectivity index (χ3v) is 3.81. The Morgan fingerprint density at radius 3 is 2.84 bits per heavy atom. The number of hydrogen-bond acceptors (Lipinski definition) is 5. The van der Waals surface area contributed by atoms with E-state index in [9.17, 15) is 4.79 Å². The number of nitrogens with two attached hydrogens (primary N) is 1. The predicted molar refractivity (Wildman–Crippen MR) is 74.8 cm³/mol. The Morgan fingerprint density at radius 1 is 1.42 bits per heavy atom. The van der Waals surface area contributed by atoms with Crippen LogP contribution >= 0.6 is 11.8 Å². The van der Waals surface area contributed by atoms with Crippen LogP contribution in [0.25, 0.3) is 0 Å². The zero-order valence-corrected chi connectivity index (χ0v) is 11.7. The van der Waals surface area contributed by atoms with Crippen LogP contribution in [0.3, 0.4) is 0 Å². The van der Waals surface area contributed by atoms with E-state index in [0.29, 0.717) is 19.0 Å². The normalized spacial score (nSPS) is 15.0. The molecule has 1 atom stereocenters. The Bertz CT molecular complexity index is 454. The SMILES string of the molecule is CCNC(CSc1ccc2c(c1)OCCO2)C(N)=O. The Hall–Kier alpha value is -1.40. The highest BCUT2D eigenvalue weighted by molar-refractivity contribution is 7.99. The molecule has 1 aromatic rings. The van der Waals surface area contributed by atoms with E-state index in [-0.39, 0.29) is 11.9 Å². The molecule has 104 valence electrons. The van der Waals surface area contributed by atoms with Gasteiger partial charge in [0.1, 0.15) is 13.2 Å². The molecular weight excluding hydrogens is 264 g/mol. The first-order valence-electron chi connectivity index (χ1n) is 6.26. The summed E-state index contributed by atoms with van der Waals surface area (Å²) in [4.78, 5) is 12.3. The zero-order chi connectivity index (χ0) is 13.7. The Labute approximate surface area is 116 Å². The molecule has 1 aliphatic heterocycles. The summed E-state index contributed by atoms with van der Waals surface area (Å²) in [5.41, 5.74) is 5.34. The molecule has 3 N–H and O–H groups in total. The number of likely N-dealkylation sites (N-methyl/N-ethyl adjacent to an activating group) is 1. The van der Waals surface area contributed by atoms with Crippen molar-refractivity contribution >= 4 is 17.7 Å². The van der Waals surface area contributed by atoms with Gasteiger partial charge in [0.25, 0.3) is 0 Å². The van der Waals surface area contributed by atoms with Crippen LogP contribution in [0, 0.1) is 0 Å². The highest BCUT2D eigenvalue weighted by atomic mass is 32.2. The van der Waals surface area contributed by atoms with E-state index in [0.717, 1.165) is 22.9 Å². The van der Waals surface area contributed by atoms with Crippen molar-refractivity contribution in [1.29, 1.82) is 0 Å². The van der Waals surface area contributed by atoms with Crippen molar-refractivity contribution in [2.75, 3.05) is 25.5 Å². The van der Waals surface area contributed by atoms with Crippen LogP contribution < -0.4 is 20.5 Å². The molecule has 0 aromatic heterocycles. The van der Waals surface area contributed by atoms with Crippen molar-refractivity contribution in [3.8, 4) is 11.5 Å². The van der Waals surface area contributed by atoms with Crippen molar-refractivity contribution in [1.82, 2.24) is 5.32 Å². The average molecular weight is 282 g/mol. The van der Waals surface area contributed by atoms with Crippen LogP contribution in [0.1, 0.15) is 6.92 Å². The second-order valence-corrected chi connectivity index (χ2v) is 5.22. The van der Waals surface area contributed by atoms with Crippen molar-refractivity contribution in [2.45, 2.75) is 17.9 Å². The summed E-state index contributed by atoms with van der Waals surface area (Å²) in [7, 11) is 0. The molecule has 1 aliphatic rings. The summed E-state index contributed by atoms with van der Waals surface area (Å²) < 4.78 is 11.0. The minimum atomic E-state index is -0.327. The maximum atomic E-state index is 11.2. The number of thioether (sulfide) groups is 1. The molecule has 0 radical (unpaired) electrons. The van der Waals surface area contributed by atoms with Crippen LogP contribution in [0.15, 0.2) is 23.1 Å². The molecule has 0 saturated heterocycles. The van der Waals surface area contributed by atoms with Crippen molar-refractivity contribution in [3.05, 3.63) is 18.2 Å². The van der Waals surface area contributed by atoms with Gasteiger partial charge in [0.05, 0.1) is 6.04 Å². The minimum Gasteiger partial charge on any atom is -0.486 e. The highest BCUT2D eigenvalue weighted by Crippen LogP contribution is 2.34. The van der Waals surface area contributed by atoms with Gasteiger partial charge in [-0.3, -0.25) is 4.79 Å². The largest absolute Gasteiger partial charge is 0.486 e. The van der Waals surface area contributed by atoms with E-state index in [1.807, 2.05) is 25.1 Å². The number of amides is 1. The maximum Gasteiger partial charge on any atom is 0.235 e. The van der Waals surface area contributed by atoms with Gasteiger partial charge < -0.3 is 20.5 Å². The maximum absolute atomic E-state index is 11.2. The molecule has 1 amide bonds. The van der Waals surface area contributed by atoms with Gasteiger partial charge in [0.15, 0.2) is 11.5 Å².